The number of rotatable bonds is 6. The number of primary sulfonamides is 1. The van der Waals surface area contributed by atoms with Crippen LogP contribution in [0.2, 0.25) is 0 Å². The quantitative estimate of drug-likeness (QED) is 0.731. The maximum absolute atomic E-state index is 11.4. The molecular formula is C13H24N6O2S2. The highest BCUT2D eigenvalue weighted by Crippen LogP contribution is 2.26. The van der Waals surface area contributed by atoms with E-state index in [-0.39, 0.29) is 0 Å². The molecule has 0 amide bonds. The van der Waals surface area contributed by atoms with Gasteiger partial charge in [0.15, 0.2) is 5.82 Å². The van der Waals surface area contributed by atoms with E-state index in [0.717, 1.165) is 42.9 Å². The normalized spacial score (nSPS) is 22.0. The lowest BCUT2D eigenvalue weighted by atomic mass is 9.94. The van der Waals surface area contributed by atoms with E-state index in [1.807, 2.05) is 14.1 Å². The van der Waals surface area contributed by atoms with Crippen LogP contribution in [0.1, 0.15) is 44.3 Å². The van der Waals surface area contributed by atoms with Gasteiger partial charge in [-0.2, -0.15) is 0 Å². The first kappa shape index (κ1) is 18.2. The topological polar surface area (TPSA) is 107 Å². The Labute approximate surface area is 142 Å². The van der Waals surface area contributed by atoms with Crippen molar-refractivity contribution in [3.05, 3.63) is 5.82 Å². The molecule has 2 N–H and O–H groups in total. The second-order valence-corrected chi connectivity index (χ2v) is 8.41. The number of thiocarbonyl (C=S) groups is 1. The van der Waals surface area contributed by atoms with Crippen molar-refractivity contribution in [2.75, 3.05) is 7.05 Å². The monoisotopic (exact) mass is 360 g/mol. The Bertz CT molecular complexity index is 637. The standard InChI is InChI=1S/C13H24N6O2S2/c1-18(10-6-8-11(9-7-10)23(14,20)21)13(22)5-3-4-12-15-16-17-19(12)2/h10-11H,3-9H2,1-2H3,(H2,14,20,21). The molecule has 23 heavy (non-hydrogen) atoms. The Hall–Kier alpha value is -1.13. The Morgan fingerprint density at radius 2 is 2.04 bits per heavy atom. The maximum atomic E-state index is 11.4. The second kappa shape index (κ2) is 7.63. The number of hydrogen-bond donors (Lipinski definition) is 1. The molecule has 10 heteroatoms. The van der Waals surface area contributed by atoms with Crippen LogP contribution >= 0.6 is 12.2 Å². The molecule has 8 nitrogen and oxygen atoms in total. The van der Waals surface area contributed by atoms with Gasteiger partial charge in [-0.15, -0.1) is 5.10 Å². The van der Waals surface area contributed by atoms with Crippen molar-refractivity contribution < 1.29 is 8.42 Å². The molecule has 0 aliphatic heterocycles. The fraction of sp³-hybridized carbons (Fsp3) is 0.846. The summed E-state index contributed by atoms with van der Waals surface area (Å²) >= 11 is 5.51. The van der Waals surface area contributed by atoms with Crippen LogP contribution in [0.25, 0.3) is 0 Å². The average Bonchev–Trinajstić information content (AvgIpc) is 2.91. The molecular weight excluding hydrogens is 336 g/mol. The van der Waals surface area contributed by atoms with Crippen LogP contribution in [0.5, 0.6) is 0 Å². The summed E-state index contributed by atoms with van der Waals surface area (Å²) in [5.41, 5.74) is 0. The highest BCUT2D eigenvalue weighted by molar-refractivity contribution is 7.89. The Morgan fingerprint density at radius 3 is 2.57 bits per heavy atom. The number of hydrogen-bond acceptors (Lipinski definition) is 6. The summed E-state index contributed by atoms with van der Waals surface area (Å²) in [6.45, 7) is 0. The van der Waals surface area contributed by atoms with Crippen LogP contribution in [0, 0.1) is 0 Å². The number of aromatic nitrogens is 4. The molecule has 1 saturated carbocycles. The summed E-state index contributed by atoms with van der Waals surface area (Å²) in [7, 11) is 0.406. The molecule has 1 aliphatic carbocycles. The van der Waals surface area contributed by atoms with Gasteiger partial charge in [-0.25, -0.2) is 18.2 Å². The Kier molecular flexibility index (Phi) is 6.04. The van der Waals surface area contributed by atoms with E-state index >= 15 is 0 Å². The highest BCUT2D eigenvalue weighted by atomic mass is 32.2. The number of aryl methyl sites for hydroxylation is 2. The molecule has 0 atom stereocenters. The number of nitrogens with two attached hydrogens (primary N) is 1. The summed E-state index contributed by atoms with van der Waals surface area (Å²) < 4.78 is 24.5. The molecule has 0 radical (unpaired) electrons. The third kappa shape index (κ3) is 4.92. The molecule has 0 aromatic carbocycles. The minimum absolute atomic E-state index is 0.303. The van der Waals surface area contributed by atoms with Gasteiger partial charge in [-0.1, -0.05) is 12.2 Å². The third-order valence-electron chi connectivity index (χ3n) is 4.55. The van der Waals surface area contributed by atoms with Crippen LogP contribution in [-0.2, 0) is 23.5 Å². The summed E-state index contributed by atoms with van der Waals surface area (Å²) in [5, 5.41) is 16.2. The van der Waals surface area contributed by atoms with E-state index in [1.165, 1.54) is 0 Å². The van der Waals surface area contributed by atoms with Crippen molar-refractivity contribution in [3.8, 4) is 0 Å². The van der Waals surface area contributed by atoms with Crippen molar-refractivity contribution in [2.45, 2.75) is 56.2 Å². The second-order valence-electron chi connectivity index (χ2n) is 6.10. The summed E-state index contributed by atoms with van der Waals surface area (Å²) in [6.07, 6.45) is 5.32. The van der Waals surface area contributed by atoms with Crippen LogP contribution in [0.4, 0.5) is 0 Å². The molecule has 0 spiro atoms. The predicted octanol–water partition coefficient (Wildman–Crippen LogP) is 0.392. The predicted molar refractivity (Wildman–Crippen MR) is 91.2 cm³/mol. The zero-order chi connectivity index (χ0) is 17.0. The van der Waals surface area contributed by atoms with Gasteiger partial charge in [0.05, 0.1) is 10.2 Å². The minimum Gasteiger partial charge on any atom is -0.366 e. The van der Waals surface area contributed by atoms with Crippen molar-refractivity contribution in [1.29, 1.82) is 0 Å². The van der Waals surface area contributed by atoms with Crippen molar-refractivity contribution in [1.82, 2.24) is 25.1 Å². The molecule has 1 aromatic heterocycles. The molecule has 0 saturated heterocycles. The van der Waals surface area contributed by atoms with Crippen LogP contribution in [0.3, 0.4) is 0 Å². The van der Waals surface area contributed by atoms with Crippen LogP contribution in [-0.4, -0.2) is 56.9 Å². The van der Waals surface area contributed by atoms with E-state index < -0.39 is 15.3 Å². The smallest absolute Gasteiger partial charge is 0.211 e. The minimum atomic E-state index is -3.41. The van der Waals surface area contributed by atoms with E-state index in [9.17, 15) is 8.42 Å². The van der Waals surface area contributed by atoms with E-state index in [2.05, 4.69) is 20.4 Å². The van der Waals surface area contributed by atoms with Gasteiger partial charge in [0.1, 0.15) is 0 Å². The molecule has 1 aromatic rings. The lowest BCUT2D eigenvalue weighted by molar-refractivity contribution is 0.278. The van der Waals surface area contributed by atoms with E-state index in [1.54, 1.807) is 4.68 Å². The summed E-state index contributed by atoms with van der Waals surface area (Å²) in [6, 6.07) is 0.303. The fourth-order valence-corrected chi connectivity index (χ4v) is 4.22. The van der Waals surface area contributed by atoms with Crippen LogP contribution in [0.15, 0.2) is 0 Å². The van der Waals surface area contributed by atoms with Crippen molar-refractivity contribution >= 4 is 27.2 Å². The molecule has 1 fully saturated rings. The zero-order valence-corrected chi connectivity index (χ0v) is 15.2. The lowest BCUT2D eigenvalue weighted by Gasteiger charge is -2.35. The number of sulfonamides is 1. The molecule has 0 unspecified atom stereocenters. The first-order chi connectivity index (χ1) is 10.8. The zero-order valence-electron chi connectivity index (χ0n) is 13.6. The summed E-state index contributed by atoms with van der Waals surface area (Å²) in [4.78, 5) is 3.02. The SMILES string of the molecule is CN(C(=S)CCCc1nnnn1C)C1CCC(S(N)(=O)=O)CC1. The first-order valence-corrected chi connectivity index (χ1v) is 9.79. The number of nitrogens with zero attached hydrogens (tertiary/aromatic N) is 5. The average molecular weight is 361 g/mol. The number of tetrazole rings is 1. The fourth-order valence-electron chi connectivity index (χ4n) is 3.00. The van der Waals surface area contributed by atoms with E-state index in [0.29, 0.717) is 18.9 Å². The molecule has 1 aliphatic rings. The Balaban J connectivity index is 1.76. The molecule has 130 valence electrons. The molecule has 2 rings (SSSR count). The lowest BCUT2D eigenvalue weighted by Crippen LogP contribution is -2.42. The van der Waals surface area contributed by atoms with E-state index in [4.69, 9.17) is 17.4 Å². The maximum Gasteiger partial charge on any atom is 0.211 e. The third-order valence-corrected chi connectivity index (χ3v) is 6.44. The first-order valence-electron chi connectivity index (χ1n) is 7.77. The van der Waals surface area contributed by atoms with Gasteiger partial charge in [0, 0.05) is 26.6 Å². The molecule has 1 heterocycles. The van der Waals surface area contributed by atoms with Gasteiger partial charge in [0.2, 0.25) is 10.0 Å². The molecule has 0 bridgehead atoms. The van der Waals surface area contributed by atoms with Gasteiger partial charge in [0.25, 0.3) is 0 Å². The van der Waals surface area contributed by atoms with Gasteiger partial charge in [-0.3, -0.25) is 0 Å². The largest absolute Gasteiger partial charge is 0.366 e. The van der Waals surface area contributed by atoms with Crippen LogP contribution < -0.4 is 5.14 Å². The van der Waals surface area contributed by atoms with Gasteiger partial charge < -0.3 is 4.90 Å². The Morgan fingerprint density at radius 1 is 1.39 bits per heavy atom. The summed E-state index contributed by atoms with van der Waals surface area (Å²) in [5.74, 6) is 0.851. The van der Waals surface area contributed by atoms with Gasteiger partial charge in [-0.05, 0) is 49.0 Å². The van der Waals surface area contributed by atoms with Gasteiger partial charge >= 0.3 is 0 Å². The van der Waals surface area contributed by atoms with Crippen molar-refractivity contribution in [2.24, 2.45) is 12.2 Å². The highest BCUT2D eigenvalue weighted by Gasteiger charge is 2.30. The van der Waals surface area contributed by atoms with Crippen molar-refractivity contribution in [3.63, 3.8) is 0 Å².